The molecule has 194 valence electrons. The van der Waals surface area contributed by atoms with Crippen LogP contribution in [0.3, 0.4) is 0 Å². The number of anilines is 2. The van der Waals surface area contributed by atoms with Gasteiger partial charge in [0, 0.05) is 51.1 Å². The van der Waals surface area contributed by atoms with Crippen LogP contribution in [0, 0.1) is 0 Å². The molecule has 1 fully saturated rings. The summed E-state index contributed by atoms with van der Waals surface area (Å²) in [5.74, 6) is -0.179. The first-order valence-electron chi connectivity index (χ1n) is 12.4. The van der Waals surface area contributed by atoms with Gasteiger partial charge in [0.25, 0.3) is 17.7 Å². The molecule has 1 N–H and O–H groups in total. The zero-order chi connectivity index (χ0) is 26.5. The van der Waals surface area contributed by atoms with E-state index in [4.69, 9.17) is 4.42 Å². The van der Waals surface area contributed by atoms with E-state index in [9.17, 15) is 14.4 Å². The third-order valence-corrected chi connectivity index (χ3v) is 7.35. The van der Waals surface area contributed by atoms with Crippen molar-refractivity contribution in [1.29, 1.82) is 0 Å². The van der Waals surface area contributed by atoms with Crippen molar-refractivity contribution in [2.45, 2.75) is 6.54 Å². The second-order valence-corrected chi connectivity index (χ2v) is 10.0. The summed E-state index contributed by atoms with van der Waals surface area (Å²) in [6.07, 6.45) is 1.49. The number of rotatable bonds is 7. The molecule has 8 nitrogen and oxygen atoms in total. The fraction of sp³-hybridized carbons (Fsp3) is 0.207. The maximum atomic E-state index is 13.7. The van der Waals surface area contributed by atoms with Crippen LogP contribution in [0.25, 0.3) is 0 Å². The predicted octanol–water partition coefficient (Wildman–Crippen LogP) is 4.83. The topological polar surface area (TPSA) is 86.1 Å². The average Bonchev–Trinajstić information content (AvgIpc) is 3.68. The van der Waals surface area contributed by atoms with Gasteiger partial charge in [0.15, 0.2) is 5.76 Å². The molecule has 2 aromatic heterocycles. The van der Waals surface area contributed by atoms with Gasteiger partial charge in [-0.25, -0.2) is 0 Å². The Labute approximate surface area is 225 Å². The predicted molar refractivity (Wildman–Crippen MR) is 148 cm³/mol. The van der Waals surface area contributed by atoms with E-state index < -0.39 is 0 Å². The summed E-state index contributed by atoms with van der Waals surface area (Å²) in [4.78, 5) is 45.2. The van der Waals surface area contributed by atoms with Gasteiger partial charge in [0.05, 0.1) is 16.7 Å². The van der Waals surface area contributed by atoms with Gasteiger partial charge >= 0.3 is 0 Å². The highest BCUT2D eigenvalue weighted by atomic mass is 32.1. The molecule has 1 saturated heterocycles. The van der Waals surface area contributed by atoms with E-state index in [0.29, 0.717) is 54.6 Å². The van der Waals surface area contributed by atoms with Gasteiger partial charge in [0.2, 0.25) is 0 Å². The maximum absolute atomic E-state index is 13.7. The lowest BCUT2D eigenvalue weighted by molar-refractivity contribution is 0.0712. The zero-order valence-corrected chi connectivity index (χ0v) is 21.8. The molecule has 38 heavy (non-hydrogen) atoms. The second kappa shape index (κ2) is 11.4. The molecule has 2 aromatic carbocycles. The first-order valence-corrected chi connectivity index (χ1v) is 13.2. The van der Waals surface area contributed by atoms with E-state index in [1.54, 1.807) is 41.1 Å². The Morgan fingerprint density at radius 2 is 1.74 bits per heavy atom. The van der Waals surface area contributed by atoms with Crippen molar-refractivity contribution in [2.75, 3.05) is 43.4 Å². The number of thiophene rings is 1. The van der Waals surface area contributed by atoms with E-state index in [-0.39, 0.29) is 17.7 Å². The summed E-state index contributed by atoms with van der Waals surface area (Å²) < 4.78 is 5.27. The number of hydrogen-bond donors (Lipinski definition) is 1. The molecule has 3 heterocycles. The van der Waals surface area contributed by atoms with Crippen molar-refractivity contribution in [1.82, 2.24) is 9.80 Å². The minimum Gasteiger partial charge on any atom is -0.459 e. The summed E-state index contributed by atoms with van der Waals surface area (Å²) in [5, 5.41) is 4.76. The molecule has 0 radical (unpaired) electrons. The lowest BCUT2D eigenvalue weighted by Crippen LogP contribution is -2.49. The highest BCUT2D eigenvalue weighted by Gasteiger charge is 2.27. The number of furan rings is 1. The minimum absolute atomic E-state index is 0.139. The van der Waals surface area contributed by atoms with Gasteiger partial charge < -0.3 is 24.4 Å². The van der Waals surface area contributed by atoms with Gasteiger partial charge in [-0.15, -0.1) is 11.3 Å². The molecular formula is C29H28N4O4S. The molecule has 1 aliphatic rings. The number of benzene rings is 2. The molecule has 0 bridgehead atoms. The zero-order valence-electron chi connectivity index (χ0n) is 21.0. The summed E-state index contributed by atoms with van der Waals surface area (Å²) >= 11 is 1.36. The van der Waals surface area contributed by atoms with Crippen LogP contribution in [0.1, 0.15) is 36.1 Å². The molecule has 0 unspecified atom stereocenters. The standard InChI is InChI=1S/C29H28N4O4S/c1-31(20-21-7-3-2-4-8-21)28(35)23-19-22(30-27(34)26-10-6-18-38-26)11-12-24(23)32-13-15-33(16-14-32)29(36)25-9-5-17-37-25/h2-12,17-19H,13-16,20H2,1H3,(H,30,34). The number of nitrogens with zero attached hydrogens (tertiary/aromatic N) is 3. The lowest BCUT2D eigenvalue weighted by atomic mass is 10.1. The molecule has 0 spiro atoms. The lowest BCUT2D eigenvalue weighted by Gasteiger charge is -2.37. The van der Waals surface area contributed by atoms with Crippen molar-refractivity contribution < 1.29 is 18.8 Å². The average molecular weight is 529 g/mol. The highest BCUT2D eigenvalue weighted by molar-refractivity contribution is 7.12. The van der Waals surface area contributed by atoms with E-state index in [2.05, 4.69) is 10.2 Å². The minimum atomic E-state index is -0.214. The summed E-state index contributed by atoms with van der Waals surface area (Å²) in [6, 6.07) is 22.2. The number of amides is 3. The Morgan fingerprint density at radius 1 is 0.947 bits per heavy atom. The fourth-order valence-electron chi connectivity index (χ4n) is 4.50. The number of carbonyl (C=O) groups is 3. The van der Waals surface area contributed by atoms with E-state index in [0.717, 1.165) is 11.3 Å². The number of piperazine rings is 1. The summed E-state index contributed by atoms with van der Waals surface area (Å²) in [7, 11) is 1.77. The third kappa shape index (κ3) is 5.63. The summed E-state index contributed by atoms with van der Waals surface area (Å²) in [5.41, 5.74) is 2.85. The first-order chi connectivity index (χ1) is 18.5. The third-order valence-electron chi connectivity index (χ3n) is 6.48. The van der Waals surface area contributed by atoms with E-state index >= 15 is 0 Å². The highest BCUT2D eigenvalue weighted by Crippen LogP contribution is 2.28. The molecular weight excluding hydrogens is 500 g/mol. The van der Waals surface area contributed by atoms with E-state index in [1.807, 2.05) is 53.9 Å². The van der Waals surface area contributed by atoms with Crippen molar-refractivity contribution in [2.24, 2.45) is 0 Å². The van der Waals surface area contributed by atoms with Gasteiger partial charge in [-0.05, 0) is 47.3 Å². The molecule has 1 aliphatic heterocycles. The van der Waals surface area contributed by atoms with Crippen molar-refractivity contribution in [3.8, 4) is 0 Å². The normalized spacial score (nSPS) is 13.3. The molecule has 0 atom stereocenters. The second-order valence-electron chi connectivity index (χ2n) is 9.07. The van der Waals surface area contributed by atoms with Gasteiger partial charge in [-0.3, -0.25) is 14.4 Å². The first kappa shape index (κ1) is 25.3. The van der Waals surface area contributed by atoms with Crippen LogP contribution in [-0.2, 0) is 6.54 Å². The van der Waals surface area contributed by atoms with E-state index in [1.165, 1.54) is 17.6 Å². The molecule has 9 heteroatoms. The van der Waals surface area contributed by atoms with Gasteiger partial charge in [-0.1, -0.05) is 36.4 Å². The summed E-state index contributed by atoms with van der Waals surface area (Å²) in [6.45, 7) is 2.59. The fourth-order valence-corrected chi connectivity index (χ4v) is 5.12. The Balaban J connectivity index is 1.37. The molecule has 0 aliphatic carbocycles. The van der Waals surface area contributed by atoms with Crippen LogP contribution in [0.2, 0.25) is 0 Å². The maximum Gasteiger partial charge on any atom is 0.289 e. The van der Waals surface area contributed by atoms with Crippen molar-refractivity contribution >= 4 is 40.4 Å². The number of nitrogens with one attached hydrogen (secondary N) is 1. The number of carbonyl (C=O) groups excluding carboxylic acids is 3. The quantitative estimate of drug-likeness (QED) is 0.371. The van der Waals surface area contributed by atoms with Crippen LogP contribution >= 0.6 is 11.3 Å². The van der Waals surface area contributed by atoms with Crippen LogP contribution in [0.5, 0.6) is 0 Å². The van der Waals surface area contributed by atoms with Crippen molar-refractivity contribution in [3.63, 3.8) is 0 Å². The van der Waals surface area contributed by atoms with Crippen molar-refractivity contribution in [3.05, 3.63) is 106 Å². The Bertz CT molecular complexity index is 1400. The molecule has 3 amide bonds. The van der Waals surface area contributed by atoms with Crippen LogP contribution in [0.4, 0.5) is 11.4 Å². The van der Waals surface area contributed by atoms with Crippen LogP contribution < -0.4 is 10.2 Å². The van der Waals surface area contributed by atoms with Gasteiger partial charge in [0.1, 0.15) is 0 Å². The van der Waals surface area contributed by atoms with Crippen LogP contribution in [-0.4, -0.2) is 60.7 Å². The smallest absolute Gasteiger partial charge is 0.289 e. The monoisotopic (exact) mass is 528 g/mol. The largest absolute Gasteiger partial charge is 0.459 e. The Morgan fingerprint density at radius 3 is 2.42 bits per heavy atom. The Hall–Kier alpha value is -4.37. The number of hydrogen-bond acceptors (Lipinski definition) is 6. The van der Waals surface area contributed by atoms with Gasteiger partial charge in [-0.2, -0.15) is 0 Å². The SMILES string of the molecule is CN(Cc1ccccc1)C(=O)c1cc(NC(=O)c2cccs2)ccc1N1CCN(C(=O)c2ccco2)CC1. The van der Waals surface area contributed by atoms with Crippen LogP contribution in [0.15, 0.2) is 88.9 Å². The molecule has 0 saturated carbocycles. The Kier molecular flexibility index (Phi) is 7.55. The molecule has 4 aromatic rings. The molecule has 5 rings (SSSR count).